The molecule has 162 valence electrons. The van der Waals surface area contributed by atoms with E-state index in [1.165, 1.54) is 35.1 Å². The summed E-state index contributed by atoms with van der Waals surface area (Å²) >= 11 is 0. The first kappa shape index (κ1) is 21.8. The second-order valence-electron chi connectivity index (χ2n) is 10.7. The van der Waals surface area contributed by atoms with Gasteiger partial charge in [-0.05, 0) is 81.5 Å². The summed E-state index contributed by atoms with van der Waals surface area (Å²) in [6.07, 6.45) is 17.5. The number of allylic oxidation sites excluding steroid dienone is 6. The van der Waals surface area contributed by atoms with Crippen LogP contribution in [0.3, 0.4) is 0 Å². The molecule has 0 spiro atoms. The zero-order valence-corrected chi connectivity index (χ0v) is 19.6. The molecular formula is C30H37N. The molecule has 0 aromatic heterocycles. The summed E-state index contributed by atoms with van der Waals surface area (Å²) in [5.41, 5.74) is 6.08. The van der Waals surface area contributed by atoms with Crippen molar-refractivity contribution >= 4 is 0 Å². The second-order valence-corrected chi connectivity index (χ2v) is 10.7. The number of nitrogens with one attached hydrogen (secondary N) is 1. The third kappa shape index (κ3) is 5.86. The quantitative estimate of drug-likeness (QED) is 0.546. The van der Waals surface area contributed by atoms with Gasteiger partial charge in [0.2, 0.25) is 0 Å². The minimum atomic E-state index is 0.191. The van der Waals surface area contributed by atoms with Crippen LogP contribution < -0.4 is 5.32 Å². The summed E-state index contributed by atoms with van der Waals surface area (Å²) in [5.74, 6) is 1.01. The third-order valence-electron chi connectivity index (χ3n) is 6.68. The van der Waals surface area contributed by atoms with Crippen LogP contribution in [0.2, 0.25) is 0 Å². The van der Waals surface area contributed by atoms with Crippen LogP contribution in [0.15, 0.2) is 85.0 Å². The van der Waals surface area contributed by atoms with Crippen LogP contribution in [0.1, 0.15) is 74.6 Å². The van der Waals surface area contributed by atoms with Gasteiger partial charge in [0.1, 0.15) is 0 Å². The largest absolute Gasteiger partial charge is 0.307 e. The van der Waals surface area contributed by atoms with E-state index in [1.54, 1.807) is 0 Å². The van der Waals surface area contributed by atoms with Gasteiger partial charge in [0.15, 0.2) is 0 Å². The average molecular weight is 412 g/mol. The highest BCUT2D eigenvalue weighted by Crippen LogP contribution is 2.39. The highest BCUT2D eigenvalue weighted by Gasteiger charge is 2.38. The molecule has 4 rings (SSSR count). The predicted octanol–water partition coefficient (Wildman–Crippen LogP) is 7.26. The summed E-state index contributed by atoms with van der Waals surface area (Å²) < 4.78 is 0. The molecule has 31 heavy (non-hydrogen) atoms. The molecule has 1 heteroatoms. The summed E-state index contributed by atoms with van der Waals surface area (Å²) in [4.78, 5) is 0. The summed E-state index contributed by atoms with van der Waals surface area (Å²) in [6.45, 7) is 9.33. The molecule has 2 aromatic carbocycles. The second kappa shape index (κ2) is 9.01. The van der Waals surface area contributed by atoms with E-state index in [4.69, 9.17) is 0 Å². The van der Waals surface area contributed by atoms with Crippen molar-refractivity contribution in [2.45, 2.75) is 76.3 Å². The average Bonchev–Trinajstić information content (AvgIpc) is 3.00. The third-order valence-corrected chi connectivity index (χ3v) is 6.68. The van der Waals surface area contributed by atoms with E-state index in [0.29, 0.717) is 11.8 Å². The van der Waals surface area contributed by atoms with Gasteiger partial charge in [-0.25, -0.2) is 0 Å². The van der Waals surface area contributed by atoms with Crippen molar-refractivity contribution in [3.05, 3.63) is 107 Å². The zero-order chi connectivity index (χ0) is 21.9. The molecular weight excluding hydrogens is 374 g/mol. The van der Waals surface area contributed by atoms with Crippen molar-refractivity contribution in [1.29, 1.82) is 0 Å². The fourth-order valence-electron chi connectivity index (χ4n) is 5.49. The first-order valence-corrected chi connectivity index (χ1v) is 11.8. The number of hydrogen-bond acceptors (Lipinski definition) is 1. The van der Waals surface area contributed by atoms with Gasteiger partial charge < -0.3 is 5.32 Å². The van der Waals surface area contributed by atoms with Gasteiger partial charge in [0.25, 0.3) is 0 Å². The number of hydrogen-bond donors (Lipinski definition) is 1. The monoisotopic (exact) mass is 411 g/mol. The molecule has 0 saturated carbocycles. The molecule has 1 N–H and O–H groups in total. The number of rotatable bonds is 5. The molecule has 2 aromatic rings. The normalized spacial score (nSPS) is 20.6. The van der Waals surface area contributed by atoms with Gasteiger partial charge in [-0.3, -0.25) is 0 Å². The van der Waals surface area contributed by atoms with E-state index in [-0.39, 0.29) is 11.1 Å². The molecule has 0 bridgehead atoms. The Morgan fingerprint density at radius 3 is 1.58 bits per heavy atom. The summed E-state index contributed by atoms with van der Waals surface area (Å²) in [6, 6.07) is 18.6. The van der Waals surface area contributed by atoms with Crippen LogP contribution in [0.25, 0.3) is 0 Å². The topological polar surface area (TPSA) is 12.0 Å². The maximum Gasteiger partial charge on any atom is 0.0204 e. The molecule has 1 fully saturated rings. The number of piperidine rings is 1. The van der Waals surface area contributed by atoms with Gasteiger partial charge in [0.05, 0.1) is 0 Å². The Morgan fingerprint density at radius 1 is 0.645 bits per heavy atom. The lowest BCUT2D eigenvalue weighted by molar-refractivity contribution is 0.162. The van der Waals surface area contributed by atoms with Crippen molar-refractivity contribution in [2.75, 3.05) is 0 Å². The van der Waals surface area contributed by atoms with Crippen molar-refractivity contribution in [1.82, 2.24) is 5.32 Å². The Morgan fingerprint density at radius 2 is 1.10 bits per heavy atom. The molecule has 0 amide bonds. The summed E-state index contributed by atoms with van der Waals surface area (Å²) in [7, 11) is 0. The molecule has 1 aliphatic carbocycles. The van der Waals surface area contributed by atoms with Crippen LogP contribution in [0, 0.1) is 0 Å². The van der Waals surface area contributed by atoms with Crippen LogP contribution in [0.5, 0.6) is 0 Å². The minimum Gasteiger partial charge on any atom is -0.307 e. The van der Waals surface area contributed by atoms with E-state index in [0.717, 1.165) is 12.8 Å². The van der Waals surface area contributed by atoms with Crippen LogP contribution in [-0.4, -0.2) is 11.1 Å². The maximum atomic E-state index is 3.80. The predicted molar refractivity (Wildman–Crippen MR) is 134 cm³/mol. The molecule has 0 atom stereocenters. The molecule has 1 nitrogen and oxygen atoms in total. The number of benzene rings is 2. The van der Waals surface area contributed by atoms with Crippen LogP contribution in [-0.2, 0) is 12.8 Å². The Balaban J connectivity index is 1.35. The smallest absolute Gasteiger partial charge is 0.0204 e. The van der Waals surface area contributed by atoms with E-state index in [2.05, 4.69) is 118 Å². The lowest BCUT2D eigenvalue weighted by Gasteiger charge is -2.46. The van der Waals surface area contributed by atoms with Crippen molar-refractivity contribution in [2.24, 2.45) is 0 Å². The maximum absolute atomic E-state index is 3.80. The molecule has 1 saturated heterocycles. The van der Waals surface area contributed by atoms with Gasteiger partial charge in [-0.15, -0.1) is 0 Å². The van der Waals surface area contributed by atoms with Crippen LogP contribution in [0.4, 0.5) is 0 Å². The Bertz CT molecular complexity index is 922. The lowest BCUT2D eigenvalue weighted by Crippen LogP contribution is -2.57. The van der Waals surface area contributed by atoms with Gasteiger partial charge in [0, 0.05) is 17.0 Å². The molecule has 0 radical (unpaired) electrons. The van der Waals surface area contributed by atoms with E-state index < -0.39 is 0 Å². The number of aryl methyl sites for hydroxylation is 2. The fraction of sp³-hybridized carbons (Fsp3) is 0.400. The first-order chi connectivity index (χ1) is 14.8. The first-order valence-electron chi connectivity index (χ1n) is 11.8. The summed E-state index contributed by atoms with van der Waals surface area (Å²) in [5, 5.41) is 3.80. The minimum absolute atomic E-state index is 0.191. The highest BCUT2D eigenvalue weighted by atomic mass is 15.0. The standard InChI is InChI=1S/C30H37N/c1-29(2)21-28(22-30(3,4)31-29)27-19-15-24(16-20-27)12-11-23-13-17-26(18-14-23)25-9-7-5-6-8-10-25/h5-10,13-20,25,28,31H,11-12,21-22H2,1-4H3. The highest BCUT2D eigenvalue weighted by molar-refractivity contribution is 5.35. The molecule has 0 unspecified atom stereocenters. The van der Waals surface area contributed by atoms with Crippen molar-refractivity contribution in [3.8, 4) is 0 Å². The van der Waals surface area contributed by atoms with E-state index in [1.807, 2.05) is 0 Å². The zero-order valence-electron chi connectivity index (χ0n) is 19.6. The lowest BCUT2D eigenvalue weighted by atomic mass is 9.73. The fourth-order valence-corrected chi connectivity index (χ4v) is 5.49. The Labute approximate surface area is 189 Å². The molecule has 1 aliphatic heterocycles. The van der Waals surface area contributed by atoms with Gasteiger partial charge in [-0.2, -0.15) is 0 Å². The Hall–Kier alpha value is -2.38. The van der Waals surface area contributed by atoms with Crippen LogP contribution >= 0.6 is 0 Å². The van der Waals surface area contributed by atoms with Crippen molar-refractivity contribution < 1.29 is 0 Å². The molecule has 2 aliphatic rings. The van der Waals surface area contributed by atoms with Gasteiger partial charge in [-0.1, -0.05) is 85.0 Å². The Kier molecular flexibility index (Phi) is 6.34. The van der Waals surface area contributed by atoms with Gasteiger partial charge >= 0.3 is 0 Å². The van der Waals surface area contributed by atoms with Crippen molar-refractivity contribution in [3.63, 3.8) is 0 Å². The molecule has 1 heterocycles. The van der Waals surface area contributed by atoms with E-state index >= 15 is 0 Å². The van der Waals surface area contributed by atoms with E-state index in [9.17, 15) is 0 Å². The SMILES string of the molecule is CC1(C)CC(c2ccc(CCc3ccc(C4C=CC=CC=C4)cc3)cc2)CC(C)(C)N1.